The van der Waals surface area contributed by atoms with Crippen molar-refractivity contribution in [1.29, 1.82) is 0 Å². The fourth-order valence-electron chi connectivity index (χ4n) is 4.03. The smallest absolute Gasteiger partial charge is 0.242 e. The average Bonchev–Trinajstić information content (AvgIpc) is 3.31. The SMILES string of the molecule is O=C(NCc1cccnc1Oc1cccc(F)c1)C1(S(=O)(=O)c2ccc(Cl)cc2)CCCC1. The van der Waals surface area contributed by atoms with Crippen LogP contribution in [-0.4, -0.2) is 24.1 Å². The van der Waals surface area contributed by atoms with E-state index in [0.717, 1.165) is 0 Å². The summed E-state index contributed by atoms with van der Waals surface area (Å²) in [4.78, 5) is 17.6. The van der Waals surface area contributed by atoms with Crippen molar-refractivity contribution >= 4 is 27.3 Å². The van der Waals surface area contributed by atoms with Crippen LogP contribution in [0.15, 0.2) is 71.8 Å². The number of sulfone groups is 1. The van der Waals surface area contributed by atoms with Gasteiger partial charge in [-0.05, 0) is 55.3 Å². The standard InChI is InChI=1S/C24H22ClFN2O4S/c25-18-8-10-21(11-9-18)33(30,31)24(12-1-2-13-24)23(29)28-16-17-5-4-14-27-22(17)32-20-7-3-6-19(26)15-20/h3-11,14-15H,1-2,12-13,16H2,(H,28,29). The number of aromatic nitrogens is 1. The zero-order chi connectivity index (χ0) is 23.5. The Labute approximate surface area is 196 Å². The van der Waals surface area contributed by atoms with Crippen molar-refractivity contribution in [2.45, 2.75) is 41.9 Å². The lowest BCUT2D eigenvalue weighted by molar-refractivity contribution is -0.123. The third-order valence-corrected chi connectivity index (χ3v) is 8.53. The lowest BCUT2D eigenvalue weighted by Gasteiger charge is -2.27. The molecule has 3 aromatic rings. The van der Waals surface area contributed by atoms with Gasteiger partial charge in [-0.3, -0.25) is 4.79 Å². The highest BCUT2D eigenvalue weighted by Crippen LogP contribution is 2.41. The summed E-state index contributed by atoms with van der Waals surface area (Å²) in [5.74, 6) is -0.548. The van der Waals surface area contributed by atoms with Crippen molar-refractivity contribution in [3.8, 4) is 11.6 Å². The van der Waals surface area contributed by atoms with E-state index < -0.39 is 26.3 Å². The van der Waals surface area contributed by atoms with E-state index in [-0.39, 0.29) is 35.9 Å². The summed E-state index contributed by atoms with van der Waals surface area (Å²) >= 11 is 5.91. The van der Waals surface area contributed by atoms with E-state index in [0.29, 0.717) is 23.4 Å². The van der Waals surface area contributed by atoms with E-state index in [1.165, 1.54) is 48.7 Å². The van der Waals surface area contributed by atoms with Crippen LogP contribution in [0.4, 0.5) is 4.39 Å². The summed E-state index contributed by atoms with van der Waals surface area (Å²) in [7, 11) is -3.94. The van der Waals surface area contributed by atoms with Gasteiger partial charge in [0.05, 0.1) is 4.90 Å². The minimum absolute atomic E-state index is 0.00914. The molecule has 0 saturated heterocycles. The molecule has 1 heterocycles. The Balaban J connectivity index is 1.56. The van der Waals surface area contributed by atoms with Gasteiger partial charge in [-0.2, -0.15) is 0 Å². The first-order chi connectivity index (χ1) is 15.8. The molecule has 0 bridgehead atoms. The van der Waals surface area contributed by atoms with E-state index in [4.69, 9.17) is 16.3 Å². The van der Waals surface area contributed by atoms with E-state index in [9.17, 15) is 17.6 Å². The highest BCUT2D eigenvalue weighted by atomic mass is 35.5. The van der Waals surface area contributed by atoms with Gasteiger partial charge < -0.3 is 10.1 Å². The molecule has 6 nitrogen and oxygen atoms in total. The normalized spacial score (nSPS) is 15.2. The van der Waals surface area contributed by atoms with E-state index in [2.05, 4.69) is 10.3 Å². The Morgan fingerprint density at radius 2 is 1.82 bits per heavy atom. The third kappa shape index (κ3) is 4.72. The molecular formula is C24H22ClFN2O4S. The Morgan fingerprint density at radius 1 is 1.09 bits per heavy atom. The quantitative estimate of drug-likeness (QED) is 0.502. The second-order valence-electron chi connectivity index (χ2n) is 7.87. The first kappa shape index (κ1) is 23.2. The Morgan fingerprint density at radius 3 is 2.52 bits per heavy atom. The Kier molecular flexibility index (Phi) is 6.67. The van der Waals surface area contributed by atoms with Gasteiger partial charge in [-0.15, -0.1) is 0 Å². The average molecular weight is 489 g/mol. The van der Waals surface area contributed by atoms with Gasteiger partial charge in [0, 0.05) is 29.4 Å². The zero-order valence-electron chi connectivity index (χ0n) is 17.6. The van der Waals surface area contributed by atoms with Crippen molar-refractivity contribution in [2.75, 3.05) is 0 Å². The van der Waals surface area contributed by atoms with Gasteiger partial charge in [-0.25, -0.2) is 17.8 Å². The van der Waals surface area contributed by atoms with E-state index in [1.54, 1.807) is 18.2 Å². The molecule has 0 spiro atoms. The Hall–Kier alpha value is -2.97. The fourth-order valence-corrected chi connectivity index (χ4v) is 6.25. The van der Waals surface area contributed by atoms with Crippen molar-refractivity contribution in [2.24, 2.45) is 0 Å². The van der Waals surface area contributed by atoms with Crippen LogP contribution in [0.2, 0.25) is 5.02 Å². The maximum Gasteiger partial charge on any atom is 0.242 e. The second-order valence-corrected chi connectivity index (χ2v) is 10.6. The summed E-state index contributed by atoms with van der Waals surface area (Å²) in [6.07, 6.45) is 3.28. The molecule has 1 aliphatic rings. The maximum absolute atomic E-state index is 13.5. The number of hydrogen-bond donors (Lipinski definition) is 1. The number of carbonyl (C=O) groups is 1. The van der Waals surface area contributed by atoms with Crippen LogP contribution in [0.3, 0.4) is 0 Å². The molecule has 9 heteroatoms. The predicted molar refractivity (Wildman–Crippen MR) is 122 cm³/mol. The van der Waals surface area contributed by atoms with Gasteiger partial charge in [0.25, 0.3) is 0 Å². The summed E-state index contributed by atoms with van der Waals surface area (Å²) in [5, 5.41) is 3.19. The first-order valence-electron chi connectivity index (χ1n) is 10.5. The fraction of sp³-hybridized carbons (Fsp3) is 0.250. The highest BCUT2D eigenvalue weighted by Gasteiger charge is 2.52. The Bertz CT molecular complexity index is 1260. The monoisotopic (exact) mass is 488 g/mol. The number of hydrogen-bond acceptors (Lipinski definition) is 5. The van der Waals surface area contributed by atoms with Crippen LogP contribution in [0.5, 0.6) is 11.6 Å². The summed E-state index contributed by atoms with van der Waals surface area (Å²) in [6, 6.07) is 14.9. The summed E-state index contributed by atoms with van der Waals surface area (Å²) in [5.41, 5.74) is 0.534. The second kappa shape index (κ2) is 9.49. The molecule has 0 radical (unpaired) electrons. The predicted octanol–water partition coefficient (Wildman–Crippen LogP) is 5.07. The van der Waals surface area contributed by atoms with Crippen LogP contribution < -0.4 is 10.1 Å². The number of pyridine rings is 1. The van der Waals surface area contributed by atoms with Crippen molar-refractivity contribution in [3.63, 3.8) is 0 Å². The van der Waals surface area contributed by atoms with Gasteiger partial charge in [0.1, 0.15) is 11.6 Å². The summed E-state index contributed by atoms with van der Waals surface area (Å²) < 4.78 is 44.6. The molecule has 4 rings (SSSR count). The van der Waals surface area contributed by atoms with Gasteiger partial charge >= 0.3 is 0 Å². The number of nitrogens with one attached hydrogen (secondary N) is 1. The molecule has 1 fully saturated rings. The molecule has 1 N–H and O–H groups in total. The third-order valence-electron chi connectivity index (χ3n) is 5.76. The molecule has 1 aromatic heterocycles. The van der Waals surface area contributed by atoms with Gasteiger partial charge in [0.2, 0.25) is 11.8 Å². The van der Waals surface area contributed by atoms with Crippen LogP contribution in [-0.2, 0) is 21.2 Å². The molecule has 33 heavy (non-hydrogen) atoms. The molecule has 0 unspecified atom stereocenters. The minimum Gasteiger partial charge on any atom is -0.439 e. The van der Waals surface area contributed by atoms with Crippen LogP contribution in [0.1, 0.15) is 31.2 Å². The van der Waals surface area contributed by atoms with E-state index in [1.807, 2.05) is 0 Å². The minimum atomic E-state index is -3.94. The molecule has 2 aromatic carbocycles. The van der Waals surface area contributed by atoms with Crippen LogP contribution in [0.25, 0.3) is 0 Å². The first-order valence-corrected chi connectivity index (χ1v) is 12.3. The molecule has 172 valence electrons. The topological polar surface area (TPSA) is 85.4 Å². The largest absolute Gasteiger partial charge is 0.439 e. The number of rotatable bonds is 7. The number of benzene rings is 2. The van der Waals surface area contributed by atoms with Gasteiger partial charge in [0.15, 0.2) is 14.6 Å². The molecular weight excluding hydrogens is 467 g/mol. The lowest BCUT2D eigenvalue weighted by atomic mass is 10.1. The number of halogens is 2. The number of carbonyl (C=O) groups excluding carboxylic acids is 1. The number of ether oxygens (including phenoxy) is 1. The maximum atomic E-state index is 13.5. The summed E-state index contributed by atoms with van der Waals surface area (Å²) in [6.45, 7) is 0.00914. The highest BCUT2D eigenvalue weighted by molar-refractivity contribution is 7.93. The molecule has 1 aliphatic carbocycles. The van der Waals surface area contributed by atoms with Crippen LogP contribution >= 0.6 is 11.6 Å². The number of nitrogens with zero attached hydrogens (tertiary/aromatic N) is 1. The van der Waals surface area contributed by atoms with Gasteiger partial charge in [-0.1, -0.05) is 36.6 Å². The van der Waals surface area contributed by atoms with E-state index >= 15 is 0 Å². The van der Waals surface area contributed by atoms with Crippen molar-refractivity contribution < 1.29 is 22.3 Å². The van der Waals surface area contributed by atoms with Crippen molar-refractivity contribution in [3.05, 3.63) is 83.3 Å². The van der Waals surface area contributed by atoms with Crippen LogP contribution in [0, 0.1) is 5.82 Å². The molecule has 1 amide bonds. The number of amides is 1. The lowest BCUT2D eigenvalue weighted by Crippen LogP contribution is -2.50. The molecule has 0 atom stereocenters. The molecule has 1 saturated carbocycles. The van der Waals surface area contributed by atoms with Crippen molar-refractivity contribution in [1.82, 2.24) is 10.3 Å². The molecule has 0 aliphatic heterocycles. The zero-order valence-corrected chi connectivity index (χ0v) is 19.2.